The summed E-state index contributed by atoms with van der Waals surface area (Å²) in [6.45, 7) is 6.02. The Hall–Kier alpha value is -1.96. The van der Waals surface area contributed by atoms with Crippen LogP contribution in [0, 0.1) is 0 Å². The van der Waals surface area contributed by atoms with Crippen LogP contribution in [0.4, 0.5) is 6.01 Å². The lowest BCUT2D eigenvalue weighted by atomic mass is 9.99. The highest BCUT2D eigenvalue weighted by atomic mass is 16.4. The van der Waals surface area contributed by atoms with E-state index in [0.717, 1.165) is 6.42 Å². The van der Waals surface area contributed by atoms with E-state index in [4.69, 9.17) is 4.42 Å². The Morgan fingerprint density at radius 2 is 2.19 bits per heavy atom. The molecule has 0 aliphatic carbocycles. The largest absolute Gasteiger partial charge is 0.480 e. The third kappa shape index (κ3) is 3.21. The van der Waals surface area contributed by atoms with Crippen LogP contribution in [0.15, 0.2) is 4.42 Å². The van der Waals surface area contributed by atoms with Crippen molar-refractivity contribution in [2.75, 3.05) is 18.4 Å². The summed E-state index contributed by atoms with van der Waals surface area (Å²) >= 11 is 0. The molecule has 1 aliphatic rings. The molecule has 1 aromatic heterocycles. The average Bonchev–Trinajstić information content (AvgIpc) is 2.98. The molecule has 2 rings (SSSR count). The Bertz CT molecular complexity index is 542. The van der Waals surface area contributed by atoms with E-state index in [9.17, 15) is 14.7 Å². The van der Waals surface area contributed by atoms with Crippen molar-refractivity contribution < 1.29 is 19.1 Å². The number of aromatic nitrogens is 2. The number of rotatable bonds is 5. The van der Waals surface area contributed by atoms with Crippen molar-refractivity contribution in [3.63, 3.8) is 0 Å². The lowest BCUT2D eigenvalue weighted by Gasteiger charge is -2.30. The molecule has 1 saturated heterocycles. The fraction of sp³-hybridized carbons (Fsp3) is 0.692. The van der Waals surface area contributed by atoms with Crippen LogP contribution in [-0.2, 0) is 9.59 Å². The molecule has 21 heavy (non-hydrogen) atoms. The van der Waals surface area contributed by atoms with Crippen molar-refractivity contribution in [1.29, 1.82) is 0 Å². The van der Waals surface area contributed by atoms with Gasteiger partial charge in [0.2, 0.25) is 11.8 Å². The lowest BCUT2D eigenvalue weighted by Crippen LogP contribution is -2.50. The molecular weight excluding hydrogens is 276 g/mol. The molecule has 0 aromatic carbocycles. The van der Waals surface area contributed by atoms with Gasteiger partial charge in [0.05, 0.1) is 6.54 Å². The highest BCUT2D eigenvalue weighted by Gasteiger charge is 2.43. The van der Waals surface area contributed by atoms with Gasteiger partial charge in [-0.05, 0) is 26.3 Å². The molecule has 1 aliphatic heterocycles. The van der Waals surface area contributed by atoms with Crippen LogP contribution in [0.1, 0.15) is 45.4 Å². The fourth-order valence-electron chi connectivity index (χ4n) is 2.37. The maximum Gasteiger partial charge on any atom is 0.323 e. The molecule has 8 nitrogen and oxygen atoms in total. The van der Waals surface area contributed by atoms with Gasteiger partial charge in [-0.25, -0.2) is 0 Å². The van der Waals surface area contributed by atoms with Crippen molar-refractivity contribution in [2.24, 2.45) is 0 Å². The van der Waals surface area contributed by atoms with Gasteiger partial charge in [0, 0.05) is 5.92 Å². The predicted molar refractivity (Wildman–Crippen MR) is 73.9 cm³/mol. The van der Waals surface area contributed by atoms with Crippen molar-refractivity contribution in [2.45, 2.75) is 45.1 Å². The minimum atomic E-state index is -0.991. The number of nitrogens with zero attached hydrogens (tertiary/aromatic N) is 3. The maximum atomic E-state index is 12.0. The van der Waals surface area contributed by atoms with E-state index in [1.165, 1.54) is 0 Å². The van der Waals surface area contributed by atoms with Gasteiger partial charge in [-0.15, -0.1) is 5.10 Å². The summed E-state index contributed by atoms with van der Waals surface area (Å²) in [7, 11) is 0. The van der Waals surface area contributed by atoms with Crippen molar-refractivity contribution in [3.8, 4) is 0 Å². The lowest BCUT2D eigenvalue weighted by molar-refractivity contribution is -0.149. The zero-order valence-electron chi connectivity index (χ0n) is 12.4. The van der Waals surface area contributed by atoms with Crippen LogP contribution in [-0.4, -0.2) is 50.7 Å². The third-order valence-corrected chi connectivity index (χ3v) is 3.77. The first kappa shape index (κ1) is 15.4. The van der Waals surface area contributed by atoms with Gasteiger partial charge >= 0.3 is 12.0 Å². The predicted octanol–water partition coefficient (Wildman–Crippen LogP) is 1.07. The van der Waals surface area contributed by atoms with Gasteiger partial charge in [0.1, 0.15) is 5.54 Å². The molecule has 2 N–H and O–H groups in total. The summed E-state index contributed by atoms with van der Waals surface area (Å²) in [6, 6.07) is 0.0416. The monoisotopic (exact) mass is 296 g/mol. The minimum absolute atomic E-state index is 0.0117. The Kier molecular flexibility index (Phi) is 4.26. The van der Waals surface area contributed by atoms with E-state index in [-0.39, 0.29) is 24.4 Å². The van der Waals surface area contributed by atoms with Crippen LogP contribution in [0.5, 0.6) is 0 Å². The normalized spacial score (nSPS) is 22.7. The van der Waals surface area contributed by atoms with E-state index < -0.39 is 11.5 Å². The van der Waals surface area contributed by atoms with E-state index in [1.807, 2.05) is 13.8 Å². The quantitative estimate of drug-likeness (QED) is 0.836. The average molecular weight is 296 g/mol. The zero-order valence-corrected chi connectivity index (χ0v) is 12.4. The number of amides is 1. The molecule has 2 heterocycles. The fourth-order valence-corrected chi connectivity index (χ4v) is 2.37. The van der Waals surface area contributed by atoms with Gasteiger partial charge in [-0.1, -0.05) is 18.9 Å². The van der Waals surface area contributed by atoms with E-state index in [2.05, 4.69) is 15.5 Å². The van der Waals surface area contributed by atoms with E-state index >= 15 is 0 Å². The second-order valence-electron chi connectivity index (χ2n) is 5.75. The van der Waals surface area contributed by atoms with E-state index in [0.29, 0.717) is 18.9 Å². The first-order chi connectivity index (χ1) is 9.83. The second kappa shape index (κ2) is 5.80. The van der Waals surface area contributed by atoms with Crippen LogP contribution in [0.25, 0.3) is 0 Å². The highest BCUT2D eigenvalue weighted by Crippen LogP contribution is 2.28. The number of carbonyl (C=O) groups excluding carboxylic acids is 1. The van der Waals surface area contributed by atoms with Gasteiger partial charge in [-0.3, -0.25) is 19.8 Å². The highest BCUT2D eigenvalue weighted by molar-refractivity contribution is 5.91. The standard InChI is InChI=1S/C13H20N4O4/c1-8(2)10-15-16-12(21-10)14-9(18)7-17-6-4-5-13(17,3)11(19)20/h8H,4-7H2,1-3H3,(H,19,20)(H,14,16,18). The Labute approximate surface area is 122 Å². The SMILES string of the molecule is CC(C)c1nnc(NC(=O)CN2CCCC2(C)C(=O)O)o1. The number of anilines is 1. The summed E-state index contributed by atoms with van der Waals surface area (Å²) in [4.78, 5) is 25.0. The molecule has 8 heteroatoms. The molecule has 0 spiro atoms. The maximum absolute atomic E-state index is 12.0. The molecule has 1 unspecified atom stereocenters. The summed E-state index contributed by atoms with van der Waals surface area (Å²) in [5.41, 5.74) is -0.991. The first-order valence-corrected chi connectivity index (χ1v) is 6.94. The summed E-state index contributed by atoms with van der Waals surface area (Å²) in [6.07, 6.45) is 1.29. The van der Waals surface area contributed by atoms with Crippen LogP contribution in [0.2, 0.25) is 0 Å². The second-order valence-corrected chi connectivity index (χ2v) is 5.75. The van der Waals surface area contributed by atoms with Crippen LogP contribution < -0.4 is 5.32 Å². The number of likely N-dealkylation sites (tertiary alicyclic amines) is 1. The molecule has 1 atom stereocenters. The third-order valence-electron chi connectivity index (χ3n) is 3.77. The summed E-state index contributed by atoms with van der Waals surface area (Å²) in [5, 5.41) is 19.4. The number of carbonyl (C=O) groups is 2. The number of hydrogen-bond acceptors (Lipinski definition) is 6. The molecule has 0 radical (unpaired) electrons. The number of carboxylic acids is 1. The number of aliphatic carboxylic acids is 1. The van der Waals surface area contributed by atoms with Gasteiger partial charge in [0.15, 0.2) is 0 Å². The molecular formula is C13H20N4O4. The smallest absolute Gasteiger partial charge is 0.323 e. The molecule has 0 bridgehead atoms. The topological polar surface area (TPSA) is 109 Å². The summed E-state index contributed by atoms with van der Waals surface area (Å²) in [5.74, 6) is -0.741. The van der Waals surface area contributed by atoms with Crippen LogP contribution >= 0.6 is 0 Å². The van der Waals surface area contributed by atoms with Gasteiger partial charge < -0.3 is 9.52 Å². The molecule has 0 saturated carbocycles. The Morgan fingerprint density at radius 3 is 2.76 bits per heavy atom. The molecule has 116 valence electrons. The minimum Gasteiger partial charge on any atom is -0.480 e. The molecule has 1 amide bonds. The number of carboxylic acid groups (broad SMARTS) is 1. The van der Waals surface area contributed by atoms with Crippen LogP contribution in [0.3, 0.4) is 0 Å². The molecule has 1 aromatic rings. The zero-order chi connectivity index (χ0) is 15.6. The van der Waals surface area contributed by atoms with Crippen molar-refractivity contribution >= 4 is 17.9 Å². The first-order valence-electron chi connectivity index (χ1n) is 6.94. The van der Waals surface area contributed by atoms with Gasteiger partial charge in [-0.2, -0.15) is 0 Å². The van der Waals surface area contributed by atoms with Crippen molar-refractivity contribution in [1.82, 2.24) is 15.1 Å². The van der Waals surface area contributed by atoms with Crippen molar-refractivity contribution in [3.05, 3.63) is 5.89 Å². The van der Waals surface area contributed by atoms with Gasteiger partial charge in [0.25, 0.3) is 0 Å². The molecule has 1 fully saturated rings. The number of nitrogens with one attached hydrogen (secondary N) is 1. The Balaban J connectivity index is 1.96. The number of hydrogen-bond donors (Lipinski definition) is 2. The Morgan fingerprint density at radius 1 is 1.48 bits per heavy atom. The summed E-state index contributed by atoms with van der Waals surface area (Å²) < 4.78 is 5.29. The van der Waals surface area contributed by atoms with E-state index in [1.54, 1.807) is 11.8 Å².